The molecule has 0 bridgehead atoms. The Hall–Kier alpha value is -0.440. The molecule has 4 N–H and O–H groups in total. The molecule has 0 spiro atoms. The highest BCUT2D eigenvalue weighted by atomic mass is 35.5. The van der Waals surface area contributed by atoms with E-state index in [0.29, 0.717) is 21.7 Å². The molecule has 2 nitrogen and oxygen atoms in total. The maximum absolute atomic E-state index is 6.03. The zero-order chi connectivity index (χ0) is 11.6. The SMILES string of the molecule is CC(C)CC(N)c1cc(Cl)c(Cl)cc1N. The summed E-state index contributed by atoms with van der Waals surface area (Å²) in [6.07, 6.45) is 0.877. The van der Waals surface area contributed by atoms with Crippen LogP contribution in [-0.2, 0) is 0 Å². The highest BCUT2D eigenvalue weighted by Crippen LogP contribution is 2.32. The number of nitrogens with two attached hydrogens (primary N) is 2. The molecule has 1 atom stereocenters. The minimum atomic E-state index is -0.0835. The van der Waals surface area contributed by atoms with E-state index in [4.69, 9.17) is 34.7 Å². The first-order chi connectivity index (χ1) is 6.91. The van der Waals surface area contributed by atoms with Gasteiger partial charge in [-0.1, -0.05) is 37.0 Å². The van der Waals surface area contributed by atoms with Crippen molar-refractivity contribution in [1.29, 1.82) is 0 Å². The third-order valence-corrected chi connectivity index (χ3v) is 2.97. The number of halogens is 2. The first-order valence-electron chi connectivity index (χ1n) is 4.91. The molecule has 0 saturated carbocycles. The van der Waals surface area contributed by atoms with Gasteiger partial charge in [-0.2, -0.15) is 0 Å². The Morgan fingerprint density at radius 3 is 2.27 bits per heavy atom. The zero-order valence-corrected chi connectivity index (χ0v) is 10.4. The summed E-state index contributed by atoms with van der Waals surface area (Å²) in [7, 11) is 0. The van der Waals surface area contributed by atoms with Crippen LogP contribution in [0.25, 0.3) is 0 Å². The molecule has 0 aliphatic rings. The lowest BCUT2D eigenvalue weighted by Crippen LogP contribution is -2.14. The van der Waals surface area contributed by atoms with Crippen LogP contribution in [0.3, 0.4) is 0 Å². The van der Waals surface area contributed by atoms with Crippen LogP contribution in [0.1, 0.15) is 31.9 Å². The zero-order valence-electron chi connectivity index (χ0n) is 8.93. The van der Waals surface area contributed by atoms with E-state index in [2.05, 4.69) is 13.8 Å². The Balaban J connectivity index is 2.98. The molecule has 0 amide bonds. The van der Waals surface area contributed by atoms with Gasteiger partial charge >= 0.3 is 0 Å². The Kier molecular flexibility index (Phi) is 4.26. The summed E-state index contributed by atoms with van der Waals surface area (Å²) in [5.74, 6) is 0.522. The van der Waals surface area contributed by atoms with Crippen LogP contribution in [0, 0.1) is 5.92 Å². The molecule has 0 aliphatic heterocycles. The molecular formula is C11H16Cl2N2. The van der Waals surface area contributed by atoms with Gasteiger partial charge in [-0.15, -0.1) is 0 Å². The van der Waals surface area contributed by atoms with E-state index in [0.717, 1.165) is 12.0 Å². The number of nitrogen functional groups attached to an aromatic ring is 1. The Morgan fingerprint density at radius 2 is 1.73 bits per heavy atom. The lowest BCUT2D eigenvalue weighted by Gasteiger charge is -2.17. The largest absolute Gasteiger partial charge is 0.398 e. The van der Waals surface area contributed by atoms with Gasteiger partial charge in [-0.25, -0.2) is 0 Å². The van der Waals surface area contributed by atoms with E-state index in [1.807, 2.05) is 0 Å². The molecule has 1 rings (SSSR count). The molecule has 1 aromatic rings. The smallest absolute Gasteiger partial charge is 0.0612 e. The third kappa shape index (κ3) is 3.26. The van der Waals surface area contributed by atoms with Gasteiger partial charge in [-0.3, -0.25) is 0 Å². The summed E-state index contributed by atoms with van der Waals surface area (Å²) < 4.78 is 0. The average molecular weight is 247 g/mol. The number of hydrogen-bond donors (Lipinski definition) is 2. The number of anilines is 1. The van der Waals surface area contributed by atoms with Crippen molar-refractivity contribution in [3.8, 4) is 0 Å². The second-order valence-electron chi connectivity index (χ2n) is 4.13. The molecule has 0 fully saturated rings. The monoisotopic (exact) mass is 246 g/mol. The van der Waals surface area contributed by atoms with Crippen LogP contribution in [0.15, 0.2) is 12.1 Å². The van der Waals surface area contributed by atoms with Crippen LogP contribution >= 0.6 is 23.2 Å². The molecule has 84 valence electrons. The first kappa shape index (κ1) is 12.6. The summed E-state index contributed by atoms with van der Waals surface area (Å²) in [4.78, 5) is 0. The van der Waals surface area contributed by atoms with Crippen molar-refractivity contribution in [1.82, 2.24) is 0 Å². The molecule has 1 aromatic carbocycles. The normalized spacial score (nSPS) is 13.2. The summed E-state index contributed by atoms with van der Waals surface area (Å²) in [6.45, 7) is 4.24. The van der Waals surface area contributed by atoms with Crippen LogP contribution in [0.2, 0.25) is 10.0 Å². The fourth-order valence-corrected chi connectivity index (χ4v) is 1.88. The fourth-order valence-electron chi connectivity index (χ4n) is 1.53. The lowest BCUT2D eigenvalue weighted by atomic mass is 9.97. The van der Waals surface area contributed by atoms with Crippen LogP contribution in [-0.4, -0.2) is 0 Å². The molecule has 0 saturated heterocycles. The quantitative estimate of drug-likeness (QED) is 0.801. The maximum atomic E-state index is 6.03. The molecule has 1 unspecified atom stereocenters. The van der Waals surface area contributed by atoms with Gasteiger partial charge in [0.2, 0.25) is 0 Å². The summed E-state index contributed by atoms with van der Waals surface area (Å²) in [5, 5.41) is 0.967. The van der Waals surface area contributed by atoms with E-state index >= 15 is 0 Å². The number of benzene rings is 1. The van der Waals surface area contributed by atoms with Crippen LogP contribution < -0.4 is 11.5 Å². The molecule has 15 heavy (non-hydrogen) atoms. The Labute approximate surface area is 101 Å². The topological polar surface area (TPSA) is 52.0 Å². The number of rotatable bonds is 3. The van der Waals surface area contributed by atoms with Gasteiger partial charge in [0.25, 0.3) is 0 Å². The third-order valence-electron chi connectivity index (χ3n) is 2.25. The van der Waals surface area contributed by atoms with Crippen molar-refractivity contribution >= 4 is 28.9 Å². The van der Waals surface area contributed by atoms with Gasteiger partial charge in [-0.05, 0) is 30.0 Å². The summed E-state index contributed by atoms with van der Waals surface area (Å²) in [5.41, 5.74) is 13.4. The minimum absolute atomic E-state index is 0.0835. The highest BCUT2D eigenvalue weighted by Gasteiger charge is 2.13. The summed E-state index contributed by atoms with van der Waals surface area (Å²) >= 11 is 11.8. The molecule has 0 aliphatic carbocycles. The molecule has 0 heterocycles. The minimum Gasteiger partial charge on any atom is -0.398 e. The van der Waals surface area contributed by atoms with Crippen molar-refractivity contribution in [2.24, 2.45) is 11.7 Å². The van der Waals surface area contributed by atoms with Crippen LogP contribution in [0.4, 0.5) is 5.69 Å². The highest BCUT2D eigenvalue weighted by molar-refractivity contribution is 6.42. The first-order valence-corrected chi connectivity index (χ1v) is 5.67. The fraction of sp³-hybridized carbons (Fsp3) is 0.455. The summed E-state index contributed by atoms with van der Waals surface area (Å²) in [6, 6.07) is 3.32. The van der Waals surface area contributed by atoms with Crippen molar-refractivity contribution in [3.63, 3.8) is 0 Å². The van der Waals surface area contributed by atoms with E-state index in [9.17, 15) is 0 Å². The standard InChI is InChI=1S/C11H16Cl2N2/c1-6(2)3-10(14)7-4-8(12)9(13)5-11(7)15/h4-6,10H,3,14-15H2,1-2H3. The second kappa shape index (κ2) is 5.06. The second-order valence-corrected chi connectivity index (χ2v) is 4.95. The average Bonchev–Trinajstić information content (AvgIpc) is 2.09. The van der Waals surface area contributed by atoms with E-state index < -0.39 is 0 Å². The van der Waals surface area contributed by atoms with Gasteiger partial charge in [0.15, 0.2) is 0 Å². The Morgan fingerprint density at radius 1 is 1.20 bits per heavy atom. The van der Waals surface area contributed by atoms with Crippen molar-refractivity contribution in [2.75, 3.05) is 5.73 Å². The lowest BCUT2D eigenvalue weighted by molar-refractivity contribution is 0.511. The van der Waals surface area contributed by atoms with E-state index in [1.54, 1.807) is 12.1 Å². The maximum Gasteiger partial charge on any atom is 0.0612 e. The van der Waals surface area contributed by atoms with Crippen molar-refractivity contribution < 1.29 is 0 Å². The predicted molar refractivity (Wildman–Crippen MR) is 67.3 cm³/mol. The molecular weight excluding hydrogens is 231 g/mol. The van der Waals surface area contributed by atoms with Gasteiger partial charge < -0.3 is 11.5 Å². The van der Waals surface area contributed by atoms with Crippen molar-refractivity contribution in [3.05, 3.63) is 27.7 Å². The van der Waals surface area contributed by atoms with Crippen LogP contribution in [0.5, 0.6) is 0 Å². The predicted octanol–water partition coefficient (Wildman–Crippen LogP) is 3.62. The van der Waals surface area contributed by atoms with E-state index in [1.165, 1.54) is 0 Å². The van der Waals surface area contributed by atoms with Gasteiger partial charge in [0.05, 0.1) is 10.0 Å². The van der Waals surface area contributed by atoms with Gasteiger partial charge in [0.1, 0.15) is 0 Å². The molecule has 4 heteroatoms. The molecule has 0 aromatic heterocycles. The van der Waals surface area contributed by atoms with E-state index in [-0.39, 0.29) is 6.04 Å². The Bertz CT molecular complexity index is 351. The number of hydrogen-bond acceptors (Lipinski definition) is 2. The van der Waals surface area contributed by atoms with Gasteiger partial charge in [0, 0.05) is 11.7 Å². The molecule has 0 radical (unpaired) electrons. The van der Waals surface area contributed by atoms with Crippen molar-refractivity contribution in [2.45, 2.75) is 26.3 Å².